The molecule has 2 aromatic rings. The maximum atomic E-state index is 11.9. The van der Waals surface area contributed by atoms with Gasteiger partial charge in [-0.05, 0) is 0 Å². The van der Waals surface area contributed by atoms with Gasteiger partial charge in [-0.3, -0.25) is 19.7 Å². The molecule has 0 radical (unpaired) electrons. The molecule has 0 atom stereocenters. The number of nitrogens with zero attached hydrogens (tertiary/aromatic N) is 2. The predicted molar refractivity (Wildman–Crippen MR) is 76.3 cm³/mol. The summed E-state index contributed by atoms with van der Waals surface area (Å²) < 4.78 is 10.8. The van der Waals surface area contributed by atoms with E-state index in [1.54, 1.807) is 13.1 Å². The number of ether oxygens (including phenoxy) is 2. The van der Waals surface area contributed by atoms with Gasteiger partial charge in [0, 0.05) is 30.3 Å². The third kappa shape index (κ3) is 2.39. The first-order valence-electron chi connectivity index (χ1n) is 6.30. The van der Waals surface area contributed by atoms with Gasteiger partial charge in [0.25, 0.3) is 5.69 Å². The van der Waals surface area contributed by atoms with E-state index in [0.29, 0.717) is 16.5 Å². The van der Waals surface area contributed by atoms with Crippen molar-refractivity contribution in [3.8, 4) is 0 Å². The average Bonchev–Trinajstić information content (AvgIpc) is 2.84. The van der Waals surface area contributed by atoms with E-state index in [1.807, 2.05) is 0 Å². The molecule has 2 rings (SSSR count). The fourth-order valence-corrected chi connectivity index (χ4v) is 2.44. The molecule has 116 valence electrons. The van der Waals surface area contributed by atoms with Crippen LogP contribution in [0.3, 0.4) is 0 Å². The minimum atomic E-state index is -1.29. The van der Waals surface area contributed by atoms with E-state index in [1.165, 1.54) is 22.9 Å². The lowest BCUT2D eigenvalue weighted by Crippen LogP contribution is -2.24. The monoisotopic (exact) mass is 306 g/mol. The van der Waals surface area contributed by atoms with E-state index in [0.717, 1.165) is 14.2 Å². The Morgan fingerprint density at radius 2 is 1.82 bits per heavy atom. The van der Waals surface area contributed by atoms with Crippen LogP contribution in [-0.2, 0) is 26.1 Å². The number of methoxy groups -OCH3 is 2. The molecular weight excluding hydrogens is 292 g/mol. The van der Waals surface area contributed by atoms with Crippen molar-refractivity contribution in [2.24, 2.45) is 7.05 Å². The lowest BCUT2D eigenvalue weighted by molar-refractivity contribution is -0.383. The van der Waals surface area contributed by atoms with Crippen LogP contribution >= 0.6 is 0 Å². The number of carbonyl (C=O) groups is 2. The van der Waals surface area contributed by atoms with E-state index < -0.39 is 22.8 Å². The number of hydrogen-bond donors (Lipinski definition) is 0. The molecule has 0 aliphatic carbocycles. The second kappa shape index (κ2) is 5.84. The topological polar surface area (TPSA) is 101 Å². The van der Waals surface area contributed by atoms with Gasteiger partial charge in [0.2, 0.25) is 0 Å². The van der Waals surface area contributed by atoms with E-state index >= 15 is 0 Å². The Morgan fingerprint density at radius 1 is 1.23 bits per heavy atom. The van der Waals surface area contributed by atoms with Gasteiger partial charge in [-0.1, -0.05) is 12.1 Å². The molecule has 0 amide bonds. The van der Waals surface area contributed by atoms with Gasteiger partial charge in [-0.2, -0.15) is 0 Å². The second-order valence-electron chi connectivity index (χ2n) is 4.61. The molecule has 8 nitrogen and oxygen atoms in total. The minimum Gasteiger partial charge on any atom is -0.468 e. The molecule has 22 heavy (non-hydrogen) atoms. The van der Waals surface area contributed by atoms with Gasteiger partial charge < -0.3 is 14.0 Å². The first-order valence-corrected chi connectivity index (χ1v) is 6.30. The molecule has 0 aliphatic heterocycles. The summed E-state index contributed by atoms with van der Waals surface area (Å²) in [6, 6.07) is 4.46. The summed E-state index contributed by atoms with van der Waals surface area (Å²) in [5.74, 6) is -2.86. The van der Waals surface area contributed by atoms with Crippen molar-refractivity contribution in [2.75, 3.05) is 14.2 Å². The number of non-ortho nitro benzene ring substituents is 1. The SMILES string of the molecule is COC(=O)C(C(=O)OC)c1cn(C)c2c([N+](=O)[O-])cccc12. The Morgan fingerprint density at radius 3 is 2.32 bits per heavy atom. The second-order valence-corrected chi connectivity index (χ2v) is 4.61. The van der Waals surface area contributed by atoms with Crippen molar-refractivity contribution < 1.29 is 24.0 Å². The van der Waals surface area contributed by atoms with Crippen LogP contribution in [0.15, 0.2) is 24.4 Å². The first-order chi connectivity index (χ1) is 10.4. The number of nitro groups is 1. The number of para-hydroxylation sites is 1. The van der Waals surface area contributed by atoms with Crippen LogP contribution in [0.25, 0.3) is 10.9 Å². The Kier molecular flexibility index (Phi) is 4.11. The maximum Gasteiger partial charge on any atom is 0.324 e. The predicted octanol–water partition coefficient (Wildman–Crippen LogP) is 1.52. The van der Waals surface area contributed by atoms with Gasteiger partial charge in [-0.15, -0.1) is 0 Å². The van der Waals surface area contributed by atoms with Gasteiger partial charge in [0.05, 0.1) is 19.1 Å². The number of benzene rings is 1. The van der Waals surface area contributed by atoms with Gasteiger partial charge in [0.1, 0.15) is 5.52 Å². The Bertz CT molecular complexity index is 748. The van der Waals surface area contributed by atoms with Crippen molar-refractivity contribution in [1.82, 2.24) is 4.57 Å². The lowest BCUT2D eigenvalue weighted by atomic mass is 9.98. The Hall–Kier alpha value is -2.90. The molecular formula is C14H14N2O6. The molecule has 1 aromatic heterocycles. The fourth-order valence-electron chi connectivity index (χ4n) is 2.44. The van der Waals surface area contributed by atoms with Crippen molar-refractivity contribution >= 4 is 28.5 Å². The quantitative estimate of drug-likeness (QED) is 0.367. The number of hydrogen-bond acceptors (Lipinski definition) is 6. The summed E-state index contributed by atoms with van der Waals surface area (Å²) in [6.45, 7) is 0. The first kappa shape index (κ1) is 15.5. The largest absolute Gasteiger partial charge is 0.468 e. The number of rotatable bonds is 4. The van der Waals surface area contributed by atoms with Crippen LogP contribution in [0.4, 0.5) is 5.69 Å². The van der Waals surface area contributed by atoms with E-state index in [-0.39, 0.29) is 5.69 Å². The van der Waals surface area contributed by atoms with E-state index in [2.05, 4.69) is 9.47 Å². The molecule has 0 aliphatic rings. The molecule has 0 unspecified atom stereocenters. The Balaban J connectivity index is 2.75. The number of aromatic nitrogens is 1. The zero-order valence-corrected chi connectivity index (χ0v) is 12.2. The molecule has 1 heterocycles. The highest BCUT2D eigenvalue weighted by molar-refractivity contribution is 6.05. The molecule has 0 N–H and O–H groups in total. The lowest BCUT2D eigenvalue weighted by Gasteiger charge is -2.11. The zero-order chi connectivity index (χ0) is 16.4. The van der Waals surface area contributed by atoms with Crippen LogP contribution < -0.4 is 0 Å². The van der Waals surface area contributed by atoms with Crippen LogP contribution in [0.1, 0.15) is 11.5 Å². The van der Waals surface area contributed by atoms with Gasteiger partial charge in [-0.25, -0.2) is 0 Å². The highest BCUT2D eigenvalue weighted by atomic mass is 16.6. The molecule has 0 bridgehead atoms. The molecule has 0 saturated carbocycles. The standard InChI is InChI=1S/C14H14N2O6/c1-15-7-9(11(13(17)21-2)14(18)22-3)8-5-4-6-10(12(8)15)16(19)20/h4-7,11H,1-3H3. The van der Waals surface area contributed by atoms with Crippen molar-refractivity contribution in [2.45, 2.75) is 5.92 Å². The summed E-state index contributed by atoms with van der Waals surface area (Å²) >= 11 is 0. The van der Waals surface area contributed by atoms with Crippen LogP contribution in [-0.4, -0.2) is 35.6 Å². The van der Waals surface area contributed by atoms with Crippen LogP contribution in [0.5, 0.6) is 0 Å². The third-order valence-electron chi connectivity index (χ3n) is 3.39. The number of fused-ring (bicyclic) bond motifs is 1. The smallest absolute Gasteiger partial charge is 0.324 e. The van der Waals surface area contributed by atoms with E-state index in [9.17, 15) is 19.7 Å². The van der Waals surface area contributed by atoms with Crippen molar-refractivity contribution in [3.05, 3.63) is 40.1 Å². The normalized spacial score (nSPS) is 10.7. The Labute approximate surface area is 125 Å². The molecule has 1 aromatic carbocycles. The third-order valence-corrected chi connectivity index (χ3v) is 3.39. The zero-order valence-electron chi connectivity index (χ0n) is 12.2. The van der Waals surface area contributed by atoms with Crippen molar-refractivity contribution in [1.29, 1.82) is 0 Å². The summed E-state index contributed by atoms with van der Waals surface area (Å²) in [5, 5.41) is 11.6. The highest BCUT2D eigenvalue weighted by Gasteiger charge is 2.34. The fraction of sp³-hybridized carbons (Fsp3) is 0.286. The molecule has 8 heteroatoms. The van der Waals surface area contributed by atoms with Crippen molar-refractivity contribution in [3.63, 3.8) is 0 Å². The minimum absolute atomic E-state index is 0.111. The molecule has 0 fully saturated rings. The van der Waals surface area contributed by atoms with Crippen LogP contribution in [0, 0.1) is 10.1 Å². The van der Waals surface area contributed by atoms with Gasteiger partial charge in [0.15, 0.2) is 5.92 Å². The highest BCUT2D eigenvalue weighted by Crippen LogP contribution is 2.33. The number of carbonyl (C=O) groups excluding carboxylic acids is 2. The number of aryl methyl sites for hydroxylation is 1. The van der Waals surface area contributed by atoms with Crippen LogP contribution in [0.2, 0.25) is 0 Å². The number of esters is 2. The average molecular weight is 306 g/mol. The number of nitro benzene ring substituents is 1. The van der Waals surface area contributed by atoms with Gasteiger partial charge >= 0.3 is 11.9 Å². The molecule has 0 spiro atoms. The summed E-state index contributed by atoms with van der Waals surface area (Å²) in [6.07, 6.45) is 1.50. The molecule has 0 saturated heterocycles. The summed E-state index contributed by atoms with van der Waals surface area (Å²) in [4.78, 5) is 34.5. The maximum absolute atomic E-state index is 11.9. The summed E-state index contributed by atoms with van der Waals surface area (Å²) in [5.41, 5.74) is 0.514. The summed E-state index contributed by atoms with van der Waals surface area (Å²) in [7, 11) is 3.92. The van der Waals surface area contributed by atoms with E-state index in [4.69, 9.17) is 0 Å².